The molecule has 0 bridgehead atoms. The number of nitrogens with one attached hydrogen (secondary N) is 1. The highest BCUT2D eigenvalue weighted by Gasteiger charge is 2.30. The van der Waals surface area contributed by atoms with E-state index in [4.69, 9.17) is 17.3 Å². The molecule has 2 atom stereocenters. The van der Waals surface area contributed by atoms with Crippen LogP contribution >= 0.6 is 46.9 Å². The second-order valence-corrected chi connectivity index (χ2v) is 8.33. The van der Waals surface area contributed by atoms with Gasteiger partial charge in [-0.1, -0.05) is 29.8 Å². The molecule has 1 aromatic carbocycles. The molecule has 0 aliphatic carbocycles. The first-order valence-corrected chi connectivity index (χ1v) is 10.4. The molecule has 3 N–H and O–H groups in total. The van der Waals surface area contributed by atoms with Gasteiger partial charge < -0.3 is 11.1 Å². The molecule has 2 unspecified atom stereocenters. The zero-order chi connectivity index (χ0) is 18.4. The van der Waals surface area contributed by atoms with Gasteiger partial charge in [0.1, 0.15) is 0 Å². The minimum atomic E-state index is 0. The molecule has 148 valence electrons. The van der Waals surface area contributed by atoms with Crippen LogP contribution in [0.5, 0.6) is 0 Å². The summed E-state index contributed by atoms with van der Waals surface area (Å²) in [6.45, 7) is 2.66. The number of rotatable bonds is 6. The van der Waals surface area contributed by atoms with Gasteiger partial charge in [0.05, 0.1) is 0 Å². The maximum atomic E-state index is 6.21. The summed E-state index contributed by atoms with van der Waals surface area (Å²) in [6.07, 6.45) is 3.33. The van der Waals surface area contributed by atoms with Gasteiger partial charge in [0.15, 0.2) is 5.96 Å². The number of likely N-dealkylation sites (tertiary alicyclic amines) is 1. The fraction of sp³-hybridized carbons (Fsp3) is 0.450. The molecular weight excluding hydrogens is 491 g/mol. The number of halogens is 2. The summed E-state index contributed by atoms with van der Waals surface area (Å²) in [7, 11) is 2.18. The Bertz CT molecular complexity index is 723. The van der Waals surface area contributed by atoms with E-state index in [9.17, 15) is 0 Å². The number of piperidine rings is 1. The van der Waals surface area contributed by atoms with Crippen molar-refractivity contribution in [2.24, 2.45) is 16.6 Å². The summed E-state index contributed by atoms with van der Waals surface area (Å²) in [5.74, 6) is 0.990. The van der Waals surface area contributed by atoms with Gasteiger partial charge in [-0.3, -0.25) is 9.89 Å². The molecule has 0 radical (unpaired) electrons. The molecule has 2 aromatic rings. The SMILES string of the molecule is CN1CCCC(CN=C(N)NCCc2cccs2)C1c1cccc(Cl)c1.I. The van der Waals surface area contributed by atoms with Crippen LogP contribution in [0.1, 0.15) is 29.3 Å². The van der Waals surface area contributed by atoms with E-state index < -0.39 is 0 Å². The lowest BCUT2D eigenvalue weighted by atomic mass is 9.85. The number of benzene rings is 1. The van der Waals surface area contributed by atoms with Crippen molar-refractivity contribution in [1.82, 2.24) is 10.2 Å². The first-order chi connectivity index (χ1) is 12.6. The van der Waals surface area contributed by atoms with Crippen LogP contribution in [0.2, 0.25) is 5.02 Å². The Balaban J connectivity index is 0.00000261. The summed E-state index contributed by atoms with van der Waals surface area (Å²) >= 11 is 7.98. The molecule has 1 saturated heterocycles. The zero-order valence-corrected chi connectivity index (χ0v) is 19.5. The summed E-state index contributed by atoms with van der Waals surface area (Å²) < 4.78 is 0. The predicted molar refractivity (Wildman–Crippen MR) is 127 cm³/mol. The van der Waals surface area contributed by atoms with Gasteiger partial charge in [0.2, 0.25) is 0 Å². The van der Waals surface area contributed by atoms with Crippen molar-refractivity contribution in [2.45, 2.75) is 25.3 Å². The Hall–Kier alpha value is -0.830. The third-order valence-electron chi connectivity index (χ3n) is 4.95. The minimum absolute atomic E-state index is 0. The van der Waals surface area contributed by atoms with Gasteiger partial charge in [0, 0.05) is 29.0 Å². The largest absolute Gasteiger partial charge is 0.370 e. The highest BCUT2D eigenvalue weighted by molar-refractivity contribution is 14.0. The molecule has 27 heavy (non-hydrogen) atoms. The third-order valence-corrected chi connectivity index (χ3v) is 6.12. The number of guanidine groups is 1. The first-order valence-electron chi connectivity index (χ1n) is 9.15. The lowest BCUT2D eigenvalue weighted by Crippen LogP contribution is -2.38. The Morgan fingerprint density at radius 2 is 2.22 bits per heavy atom. The van der Waals surface area contributed by atoms with Crippen molar-refractivity contribution in [2.75, 3.05) is 26.7 Å². The van der Waals surface area contributed by atoms with Gasteiger partial charge in [-0.2, -0.15) is 0 Å². The van der Waals surface area contributed by atoms with E-state index in [2.05, 4.69) is 51.9 Å². The average molecular weight is 519 g/mol. The second kappa shape index (κ2) is 11.2. The Kier molecular flexibility index (Phi) is 9.35. The topological polar surface area (TPSA) is 53.6 Å². The van der Waals surface area contributed by atoms with Crippen molar-refractivity contribution in [3.8, 4) is 0 Å². The van der Waals surface area contributed by atoms with E-state index in [1.807, 2.05) is 12.1 Å². The highest BCUT2D eigenvalue weighted by atomic mass is 127. The van der Waals surface area contributed by atoms with Crippen molar-refractivity contribution in [3.63, 3.8) is 0 Å². The number of nitrogens with two attached hydrogens (primary N) is 1. The van der Waals surface area contributed by atoms with Crippen LogP contribution in [0.15, 0.2) is 46.8 Å². The Morgan fingerprint density at radius 1 is 1.37 bits per heavy atom. The van der Waals surface area contributed by atoms with Crippen molar-refractivity contribution in [1.29, 1.82) is 0 Å². The molecule has 0 amide bonds. The number of aliphatic imine (C=N–C) groups is 1. The molecule has 4 nitrogen and oxygen atoms in total. The van der Waals surface area contributed by atoms with Crippen molar-refractivity contribution in [3.05, 3.63) is 57.2 Å². The van der Waals surface area contributed by atoms with Crippen LogP contribution in [0.4, 0.5) is 0 Å². The molecule has 1 aromatic heterocycles. The second-order valence-electron chi connectivity index (χ2n) is 6.86. The van der Waals surface area contributed by atoms with Crippen LogP contribution in [0, 0.1) is 5.92 Å². The van der Waals surface area contributed by atoms with E-state index in [-0.39, 0.29) is 24.0 Å². The van der Waals surface area contributed by atoms with Gasteiger partial charge in [-0.15, -0.1) is 35.3 Å². The van der Waals surface area contributed by atoms with E-state index in [1.54, 1.807) is 11.3 Å². The molecule has 2 heterocycles. The monoisotopic (exact) mass is 518 g/mol. The van der Waals surface area contributed by atoms with Gasteiger partial charge in [-0.05, 0) is 67.9 Å². The summed E-state index contributed by atoms with van der Waals surface area (Å²) in [6, 6.07) is 12.8. The maximum absolute atomic E-state index is 6.21. The van der Waals surface area contributed by atoms with Gasteiger partial charge >= 0.3 is 0 Å². The lowest BCUT2D eigenvalue weighted by Gasteiger charge is -2.39. The molecule has 1 fully saturated rings. The number of thiophene rings is 1. The van der Waals surface area contributed by atoms with E-state index >= 15 is 0 Å². The molecule has 1 aliphatic rings. The van der Waals surface area contributed by atoms with E-state index in [0.717, 1.165) is 37.5 Å². The smallest absolute Gasteiger partial charge is 0.188 e. The average Bonchev–Trinajstić information content (AvgIpc) is 3.13. The van der Waals surface area contributed by atoms with Crippen LogP contribution < -0.4 is 11.1 Å². The molecule has 7 heteroatoms. The van der Waals surface area contributed by atoms with Crippen molar-refractivity contribution < 1.29 is 0 Å². The summed E-state index contributed by atoms with van der Waals surface area (Å²) in [5, 5.41) is 6.12. The van der Waals surface area contributed by atoms with Crippen LogP contribution in [0.25, 0.3) is 0 Å². The predicted octanol–water partition coefficient (Wildman–Crippen LogP) is 4.55. The van der Waals surface area contributed by atoms with Crippen LogP contribution in [-0.4, -0.2) is 37.5 Å². The molecule has 1 aliphatic heterocycles. The highest BCUT2D eigenvalue weighted by Crippen LogP contribution is 2.36. The third kappa shape index (κ3) is 6.62. The molecule has 0 saturated carbocycles. The summed E-state index contributed by atoms with van der Waals surface area (Å²) in [5.41, 5.74) is 7.35. The van der Waals surface area contributed by atoms with Crippen molar-refractivity contribution >= 4 is 52.9 Å². The van der Waals surface area contributed by atoms with Gasteiger partial charge in [0.25, 0.3) is 0 Å². The number of hydrogen-bond acceptors (Lipinski definition) is 3. The molecular formula is C20H28ClIN4S. The zero-order valence-electron chi connectivity index (χ0n) is 15.6. The van der Waals surface area contributed by atoms with Gasteiger partial charge in [-0.25, -0.2) is 0 Å². The first kappa shape index (κ1) is 22.5. The normalized spacial score (nSPS) is 20.9. The Labute approximate surface area is 188 Å². The Morgan fingerprint density at radius 3 is 2.96 bits per heavy atom. The quantitative estimate of drug-likeness (QED) is 0.335. The standard InChI is InChI=1S/C20H27ClN4S.HI/c1-25-11-3-6-16(19(25)15-5-2-7-17(21)13-15)14-24-20(22)23-10-9-18-8-4-12-26-18;/h2,4-5,7-8,12-13,16,19H,3,6,9-11,14H2,1H3,(H3,22,23,24);1H. The van der Waals surface area contributed by atoms with Crippen LogP contribution in [-0.2, 0) is 6.42 Å². The molecule has 0 spiro atoms. The van der Waals surface area contributed by atoms with Crippen LogP contribution in [0.3, 0.4) is 0 Å². The minimum Gasteiger partial charge on any atom is -0.370 e. The lowest BCUT2D eigenvalue weighted by molar-refractivity contribution is 0.125. The summed E-state index contributed by atoms with van der Waals surface area (Å²) in [4.78, 5) is 8.40. The van der Waals surface area contributed by atoms with E-state index in [1.165, 1.54) is 16.9 Å². The number of nitrogens with zero attached hydrogens (tertiary/aromatic N) is 2. The number of hydrogen-bond donors (Lipinski definition) is 2. The fourth-order valence-corrected chi connectivity index (χ4v) is 4.62. The fourth-order valence-electron chi connectivity index (χ4n) is 3.71. The maximum Gasteiger partial charge on any atom is 0.188 e. The van der Waals surface area contributed by atoms with E-state index in [0.29, 0.717) is 17.9 Å². The molecule has 3 rings (SSSR count).